The van der Waals surface area contributed by atoms with Crippen molar-refractivity contribution < 1.29 is 5.11 Å². The van der Waals surface area contributed by atoms with Crippen LogP contribution in [0.2, 0.25) is 0 Å². The zero-order valence-electron chi connectivity index (χ0n) is 10.4. The van der Waals surface area contributed by atoms with Gasteiger partial charge in [-0.3, -0.25) is 0 Å². The van der Waals surface area contributed by atoms with Crippen molar-refractivity contribution in [3.63, 3.8) is 0 Å². The second-order valence-corrected chi connectivity index (χ2v) is 4.96. The van der Waals surface area contributed by atoms with Gasteiger partial charge in [0.25, 0.3) is 0 Å². The van der Waals surface area contributed by atoms with Crippen LogP contribution in [0.4, 0.5) is 0 Å². The van der Waals surface area contributed by atoms with E-state index in [1.54, 1.807) is 0 Å². The van der Waals surface area contributed by atoms with E-state index < -0.39 is 0 Å². The molecule has 0 fully saturated rings. The highest BCUT2D eigenvalue weighted by Gasteiger charge is 2.21. The van der Waals surface area contributed by atoms with E-state index in [4.69, 9.17) is 0 Å². The van der Waals surface area contributed by atoms with Crippen LogP contribution in [0.3, 0.4) is 0 Å². The first-order valence-corrected chi connectivity index (χ1v) is 6.62. The Bertz CT molecular complexity index is 339. The molecule has 0 amide bonds. The normalized spacial score (nSPS) is 20.1. The molecule has 0 bridgehead atoms. The van der Waals surface area contributed by atoms with Gasteiger partial charge in [0.2, 0.25) is 0 Å². The Hall–Kier alpha value is -0.760. The minimum atomic E-state index is -0.216. The maximum atomic E-state index is 9.91. The number of aliphatic hydroxyl groups is 1. The Balaban J connectivity index is 2.16. The van der Waals surface area contributed by atoms with Gasteiger partial charge in [-0.05, 0) is 31.2 Å². The van der Waals surface area contributed by atoms with Gasteiger partial charge in [0.1, 0.15) is 0 Å². The van der Waals surface area contributed by atoms with Crippen molar-refractivity contribution in [3.8, 4) is 0 Å². The molecule has 0 spiro atoms. The molecule has 0 radical (unpaired) electrons. The fourth-order valence-corrected chi connectivity index (χ4v) is 2.73. The molecule has 0 aliphatic heterocycles. The van der Waals surface area contributed by atoms with Crippen molar-refractivity contribution >= 4 is 0 Å². The fourth-order valence-electron chi connectivity index (χ4n) is 2.73. The summed E-state index contributed by atoms with van der Waals surface area (Å²) in [6, 6.07) is 2.11. The first kappa shape index (κ1) is 11.7. The summed E-state index contributed by atoms with van der Waals surface area (Å²) in [6.07, 6.45) is 7.63. The van der Waals surface area contributed by atoms with Gasteiger partial charge >= 0.3 is 0 Å². The maximum Gasteiger partial charge on any atom is 0.0807 e. The van der Waals surface area contributed by atoms with E-state index in [9.17, 15) is 5.11 Å². The van der Waals surface area contributed by atoms with Gasteiger partial charge in [0.15, 0.2) is 0 Å². The highest BCUT2D eigenvalue weighted by molar-refractivity contribution is 5.27. The van der Waals surface area contributed by atoms with E-state index in [0.717, 1.165) is 31.7 Å². The predicted molar refractivity (Wildman–Crippen MR) is 66.4 cm³/mol. The van der Waals surface area contributed by atoms with E-state index >= 15 is 0 Å². The number of hydrogen-bond acceptors (Lipinski definition) is 1. The SMILES string of the molecule is CCC(CC)Cn1ccc2c1CCCC2O. The van der Waals surface area contributed by atoms with Crippen LogP contribution >= 0.6 is 0 Å². The quantitative estimate of drug-likeness (QED) is 0.829. The highest BCUT2D eigenvalue weighted by atomic mass is 16.3. The molecule has 2 rings (SSSR count). The smallest absolute Gasteiger partial charge is 0.0807 e. The minimum absolute atomic E-state index is 0.216. The Morgan fingerprint density at radius 3 is 2.88 bits per heavy atom. The number of rotatable bonds is 4. The van der Waals surface area contributed by atoms with E-state index in [1.807, 2.05) is 0 Å². The van der Waals surface area contributed by atoms with Crippen LogP contribution in [-0.2, 0) is 13.0 Å². The van der Waals surface area contributed by atoms with Crippen molar-refractivity contribution in [1.82, 2.24) is 4.57 Å². The van der Waals surface area contributed by atoms with Gasteiger partial charge in [-0.2, -0.15) is 0 Å². The molecule has 2 heteroatoms. The van der Waals surface area contributed by atoms with Crippen LogP contribution in [0.25, 0.3) is 0 Å². The standard InChI is InChI=1S/C14H23NO/c1-3-11(4-2)10-15-9-8-12-13(15)6-5-7-14(12)16/h8-9,11,14,16H,3-7,10H2,1-2H3. The summed E-state index contributed by atoms with van der Waals surface area (Å²) in [6.45, 7) is 5.65. The van der Waals surface area contributed by atoms with Crippen LogP contribution in [0, 0.1) is 5.92 Å². The zero-order valence-corrected chi connectivity index (χ0v) is 10.4. The van der Waals surface area contributed by atoms with E-state index in [1.165, 1.54) is 24.1 Å². The molecule has 1 aromatic rings. The molecular formula is C14H23NO. The molecular weight excluding hydrogens is 198 g/mol. The molecule has 16 heavy (non-hydrogen) atoms. The monoisotopic (exact) mass is 221 g/mol. The van der Waals surface area contributed by atoms with E-state index in [-0.39, 0.29) is 6.10 Å². The molecule has 1 aliphatic carbocycles. The van der Waals surface area contributed by atoms with Crippen molar-refractivity contribution in [2.75, 3.05) is 0 Å². The number of aliphatic hydroxyl groups excluding tert-OH is 1. The fraction of sp³-hybridized carbons (Fsp3) is 0.714. The lowest BCUT2D eigenvalue weighted by atomic mass is 9.95. The summed E-state index contributed by atoms with van der Waals surface area (Å²) in [4.78, 5) is 0. The van der Waals surface area contributed by atoms with Crippen molar-refractivity contribution in [2.45, 2.75) is 58.6 Å². The zero-order chi connectivity index (χ0) is 11.5. The third kappa shape index (κ3) is 2.17. The summed E-state index contributed by atoms with van der Waals surface area (Å²) >= 11 is 0. The Morgan fingerprint density at radius 2 is 2.19 bits per heavy atom. The van der Waals surface area contributed by atoms with Gasteiger partial charge < -0.3 is 9.67 Å². The molecule has 1 aliphatic rings. The Labute approximate surface area is 98.3 Å². The third-order valence-electron chi connectivity index (χ3n) is 3.97. The topological polar surface area (TPSA) is 25.2 Å². The lowest BCUT2D eigenvalue weighted by Crippen LogP contribution is -2.15. The average Bonchev–Trinajstić information content (AvgIpc) is 2.71. The molecule has 0 saturated carbocycles. The van der Waals surface area contributed by atoms with Gasteiger partial charge in [-0.1, -0.05) is 26.7 Å². The molecule has 90 valence electrons. The average molecular weight is 221 g/mol. The lowest BCUT2D eigenvalue weighted by Gasteiger charge is -2.22. The first-order valence-electron chi connectivity index (χ1n) is 6.62. The molecule has 1 unspecified atom stereocenters. The number of fused-ring (bicyclic) bond motifs is 1. The summed E-state index contributed by atoms with van der Waals surface area (Å²) in [5.41, 5.74) is 2.56. The van der Waals surface area contributed by atoms with Crippen LogP contribution in [-0.4, -0.2) is 9.67 Å². The van der Waals surface area contributed by atoms with Gasteiger partial charge in [0, 0.05) is 24.0 Å². The highest BCUT2D eigenvalue weighted by Crippen LogP contribution is 2.31. The number of nitrogens with zero attached hydrogens (tertiary/aromatic N) is 1. The number of aromatic nitrogens is 1. The molecule has 0 saturated heterocycles. The minimum Gasteiger partial charge on any atom is -0.388 e. The molecule has 0 aromatic carbocycles. The van der Waals surface area contributed by atoms with Crippen LogP contribution in [0.5, 0.6) is 0 Å². The summed E-state index contributed by atoms with van der Waals surface area (Å²) in [5.74, 6) is 0.774. The Kier molecular flexibility index (Phi) is 3.70. The first-order chi connectivity index (χ1) is 7.76. The second kappa shape index (κ2) is 5.05. The van der Waals surface area contributed by atoms with E-state index in [2.05, 4.69) is 30.7 Å². The molecule has 1 atom stereocenters. The van der Waals surface area contributed by atoms with Gasteiger partial charge in [-0.15, -0.1) is 0 Å². The summed E-state index contributed by atoms with van der Waals surface area (Å²) < 4.78 is 2.37. The van der Waals surface area contributed by atoms with Gasteiger partial charge in [0.05, 0.1) is 6.10 Å². The van der Waals surface area contributed by atoms with Crippen molar-refractivity contribution in [3.05, 3.63) is 23.5 Å². The largest absolute Gasteiger partial charge is 0.388 e. The molecule has 2 nitrogen and oxygen atoms in total. The van der Waals surface area contributed by atoms with Crippen LogP contribution in [0.1, 0.15) is 56.9 Å². The molecule has 1 heterocycles. The summed E-state index contributed by atoms with van der Waals surface area (Å²) in [5, 5.41) is 9.91. The Morgan fingerprint density at radius 1 is 1.44 bits per heavy atom. The maximum absolute atomic E-state index is 9.91. The summed E-state index contributed by atoms with van der Waals surface area (Å²) in [7, 11) is 0. The third-order valence-corrected chi connectivity index (χ3v) is 3.97. The molecule has 1 N–H and O–H groups in total. The lowest BCUT2D eigenvalue weighted by molar-refractivity contribution is 0.155. The van der Waals surface area contributed by atoms with Gasteiger partial charge in [-0.25, -0.2) is 0 Å². The van der Waals surface area contributed by atoms with Crippen LogP contribution in [0.15, 0.2) is 12.3 Å². The second-order valence-electron chi connectivity index (χ2n) is 4.96. The van der Waals surface area contributed by atoms with Crippen LogP contribution < -0.4 is 0 Å². The molecule has 1 aromatic heterocycles. The van der Waals surface area contributed by atoms with Crippen molar-refractivity contribution in [2.24, 2.45) is 5.92 Å². The predicted octanol–water partition coefficient (Wildman–Crippen LogP) is 3.29. The van der Waals surface area contributed by atoms with E-state index in [0.29, 0.717) is 0 Å². The van der Waals surface area contributed by atoms with Crippen molar-refractivity contribution in [1.29, 1.82) is 0 Å². The number of hydrogen-bond donors (Lipinski definition) is 1.